The summed E-state index contributed by atoms with van der Waals surface area (Å²) in [6, 6.07) is 3.91. The van der Waals surface area contributed by atoms with Gasteiger partial charge in [-0.2, -0.15) is 0 Å². The molecule has 1 aliphatic rings. The Morgan fingerprint density at radius 1 is 1.00 bits per heavy atom. The van der Waals surface area contributed by atoms with Gasteiger partial charge in [0.1, 0.15) is 0 Å². The fourth-order valence-corrected chi connectivity index (χ4v) is 7.65. The summed E-state index contributed by atoms with van der Waals surface area (Å²) in [4.78, 5) is 0. The normalized spacial score (nSPS) is 35.4. The van der Waals surface area contributed by atoms with Crippen molar-refractivity contribution in [2.24, 2.45) is 11.8 Å². The van der Waals surface area contributed by atoms with Crippen molar-refractivity contribution in [3.05, 3.63) is 24.2 Å². The van der Waals surface area contributed by atoms with E-state index in [0.717, 1.165) is 5.76 Å². The smallest absolute Gasteiger partial charge is 1.00 e. The molecule has 0 aromatic carbocycles. The number of hydrogen-bond acceptors (Lipinski definition) is 3. The fraction of sp³-hybridized carbons (Fsp3) is 0.692. The zero-order valence-electron chi connectivity index (χ0n) is 11.7. The molecule has 19 heavy (non-hydrogen) atoms. The van der Waals surface area contributed by atoms with Crippen LogP contribution in [-0.4, -0.2) is 7.38 Å². The number of furan rings is 1. The first kappa shape index (κ1) is 19.5. The Balaban J connectivity index is 0.00000162. The van der Waals surface area contributed by atoms with E-state index >= 15 is 0 Å². The third-order valence-electron chi connectivity index (χ3n) is 4.92. The van der Waals surface area contributed by atoms with E-state index in [4.69, 9.17) is 4.42 Å². The van der Waals surface area contributed by atoms with Crippen molar-refractivity contribution < 1.29 is 54.0 Å². The molecule has 4 atom stereocenters. The molecule has 1 aromatic heterocycles. The Kier molecular flexibility index (Phi) is 7.15. The van der Waals surface area contributed by atoms with Gasteiger partial charge in [-0.1, -0.05) is 0 Å². The molecule has 0 radical (unpaired) electrons. The van der Waals surface area contributed by atoms with Crippen LogP contribution >= 0.6 is 0 Å². The predicted octanol–water partition coefficient (Wildman–Crippen LogP) is -2.76. The van der Waals surface area contributed by atoms with Gasteiger partial charge in [-0.25, -0.2) is 0 Å². The quantitative estimate of drug-likeness (QED) is 0.543. The number of rotatable bonds is 1. The van der Waals surface area contributed by atoms with E-state index < -0.39 is 17.4 Å². The van der Waals surface area contributed by atoms with E-state index in [-0.39, 0.29) is 45.1 Å². The maximum atomic E-state index is 10.4. The van der Waals surface area contributed by atoms with Crippen LogP contribution in [0.15, 0.2) is 22.8 Å². The second-order valence-electron chi connectivity index (χ2n) is 5.62. The van der Waals surface area contributed by atoms with Crippen LogP contribution < -0.4 is 24.8 Å². The zero-order valence-corrected chi connectivity index (χ0v) is 14.8. The van der Waals surface area contributed by atoms with Gasteiger partial charge < -0.3 is 24.8 Å². The van der Waals surface area contributed by atoms with E-state index in [1.165, 1.54) is 0 Å². The Morgan fingerprint density at radius 3 is 1.84 bits per heavy atom. The third-order valence-corrected chi connectivity index (χ3v) is 10.8. The topological polar surface area (TPSA) is 53.6 Å². The second-order valence-corrected chi connectivity index (χ2v) is 10.9. The van der Waals surface area contributed by atoms with Gasteiger partial charge in [-0.05, 0) is 0 Å². The van der Waals surface area contributed by atoms with Gasteiger partial charge in [0.15, 0.2) is 0 Å². The molecule has 4 unspecified atom stereocenters. The molecule has 6 heteroatoms. The van der Waals surface area contributed by atoms with Crippen molar-refractivity contribution in [2.45, 2.75) is 42.1 Å². The van der Waals surface area contributed by atoms with E-state index in [2.05, 4.69) is 13.8 Å². The molecule has 1 aromatic rings. The number of halogens is 2. The van der Waals surface area contributed by atoms with Crippen molar-refractivity contribution in [3.63, 3.8) is 0 Å². The van der Waals surface area contributed by atoms with Crippen LogP contribution in [0.3, 0.4) is 0 Å². The largest absolute Gasteiger partial charge is 1.00 e. The van der Waals surface area contributed by atoms with Crippen LogP contribution in [0.1, 0.15) is 39.4 Å². The van der Waals surface area contributed by atoms with E-state index in [9.17, 15) is 7.38 Å². The summed E-state index contributed by atoms with van der Waals surface area (Å²) in [5.74, 6) is 1.82. The molecular weight excluding hydrogens is 323 g/mol. The Labute approximate surface area is 131 Å². The summed E-state index contributed by atoms with van der Waals surface area (Å²) < 4.78 is 26.3. The summed E-state index contributed by atoms with van der Waals surface area (Å²) in [5.41, 5.74) is 0. The van der Waals surface area contributed by atoms with E-state index in [1.54, 1.807) is 6.26 Å². The van der Waals surface area contributed by atoms with Crippen LogP contribution in [0.25, 0.3) is 0 Å². The molecule has 1 fully saturated rings. The van der Waals surface area contributed by atoms with Gasteiger partial charge in [-0.3, -0.25) is 0 Å². The monoisotopic (exact) mass is 344 g/mol. The molecule has 0 amide bonds. The molecule has 2 rings (SSSR count). The van der Waals surface area contributed by atoms with Crippen molar-refractivity contribution in [1.82, 2.24) is 0 Å². The van der Waals surface area contributed by atoms with Gasteiger partial charge in [-0.15, -0.1) is 0 Å². The van der Waals surface area contributed by atoms with Crippen molar-refractivity contribution in [2.75, 3.05) is 0 Å². The average molecular weight is 345 g/mol. The first-order valence-electron chi connectivity index (χ1n) is 6.35. The van der Waals surface area contributed by atoms with Gasteiger partial charge in [0, 0.05) is 0 Å². The summed E-state index contributed by atoms with van der Waals surface area (Å²) in [5, 5.41) is 0. The Bertz CT molecular complexity index is 365. The fourth-order valence-electron chi connectivity index (χ4n) is 3.29. The first-order valence-corrected chi connectivity index (χ1v) is 9.55. The molecule has 110 valence electrons. The molecule has 2 N–H and O–H groups in total. The summed E-state index contributed by atoms with van der Waals surface area (Å²) in [6.07, 6.45) is 1.70. The first-order chi connectivity index (χ1) is 7.87. The molecule has 3 nitrogen and oxygen atoms in total. The maximum Gasteiger partial charge on any atom is -1.00 e. The molecule has 1 saturated heterocycles. The molecule has 0 bridgehead atoms. The minimum Gasteiger partial charge on any atom is -1.00 e. The van der Waals surface area contributed by atoms with Crippen LogP contribution in [0.5, 0.6) is 0 Å². The molecule has 0 spiro atoms. The van der Waals surface area contributed by atoms with Crippen molar-refractivity contribution in [3.8, 4) is 0 Å². The Hall–Kier alpha value is 0.494. The van der Waals surface area contributed by atoms with Gasteiger partial charge >= 0.3 is 107 Å². The third kappa shape index (κ3) is 3.23. The van der Waals surface area contributed by atoms with Gasteiger partial charge in [0.2, 0.25) is 0 Å². The van der Waals surface area contributed by atoms with Crippen LogP contribution in [0.4, 0.5) is 0 Å². The summed E-state index contributed by atoms with van der Waals surface area (Å²) >= 11 is -3.66. The standard InChI is InChI=1S/C13H20O.2ClH.2H2O.Ti/c1-5-10(3)13(11(4)6-2)12-8-7-9-14-12;;;;;/h5-11,13H,1-4H3;2*1H;2*1H2;/q;;;;;+4/p-4. The maximum absolute atomic E-state index is 10.4. The minimum atomic E-state index is -3.66. The average Bonchev–Trinajstić information content (AvgIpc) is 2.78. The Morgan fingerprint density at radius 2 is 1.47 bits per heavy atom. The molecule has 2 heterocycles. The van der Waals surface area contributed by atoms with E-state index in [1.807, 2.05) is 26.0 Å². The molecule has 1 aliphatic heterocycles. The summed E-state index contributed by atoms with van der Waals surface area (Å²) in [7, 11) is 0. The van der Waals surface area contributed by atoms with Gasteiger partial charge in [0.05, 0.1) is 0 Å². The second kappa shape index (κ2) is 6.97. The van der Waals surface area contributed by atoms with Crippen LogP contribution in [-0.2, 0) is 17.4 Å². The summed E-state index contributed by atoms with van der Waals surface area (Å²) in [6.45, 7) is 8.21. The number of hydrogen-bond donors (Lipinski definition) is 2. The van der Waals surface area contributed by atoms with Crippen LogP contribution in [0, 0.1) is 11.8 Å². The van der Waals surface area contributed by atoms with Gasteiger partial charge in [0.25, 0.3) is 0 Å². The van der Waals surface area contributed by atoms with Crippen molar-refractivity contribution in [1.29, 1.82) is 0 Å². The van der Waals surface area contributed by atoms with E-state index in [0.29, 0.717) is 5.92 Å². The predicted molar refractivity (Wildman–Crippen MR) is 63.1 cm³/mol. The van der Waals surface area contributed by atoms with Crippen LogP contribution in [0.2, 0.25) is 8.45 Å². The zero-order chi connectivity index (χ0) is 12.8. The SMILES string of the molecule is CC1C(c2ccco2)C(C)[CH](C)[Ti+2]([OH])([OH])[CH]1C.[Cl-].[Cl-]. The molecule has 0 aliphatic carbocycles. The molecule has 0 saturated carbocycles. The van der Waals surface area contributed by atoms with Crippen molar-refractivity contribution >= 4 is 0 Å². The minimum absolute atomic E-state index is 0. The molecular formula is C13H22Cl2O3Ti.